The highest BCUT2D eigenvalue weighted by Gasteiger charge is 2.22. The van der Waals surface area contributed by atoms with Gasteiger partial charge in [-0.1, -0.05) is 39.7 Å². The second kappa shape index (κ2) is 7.94. The van der Waals surface area contributed by atoms with Crippen LogP contribution in [-0.2, 0) is 11.2 Å². The number of anilines is 1. The highest BCUT2D eigenvalue weighted by molar-refractivity contribution is 9.10. The topological polar surface area (TPSA) is 99.5 Å². The Morgan fingerprint density at radius 3 is 2.44 bits per heavy atom. The first-order valence-electron chi connectivity index (χ1n) is 7.91. The zero-order valence-corrected chi connectivity index (χ0v) is 16.2. The van der Waals surface area contributed by atoms with Crippen molar-refractivity contribution in [3.05, 3.63) is 69.2 Å². The molecule has 1 atom stereocenters. The van der Waals surface area contributed by atoms with E-state index in [0.29, 0.717) is 15.9 Å². The van der Waals surface area contributed by atoms with E-state index in [1.54, 1.807) is 30.3 Å². The summed E-state index contributed by atoms with van der Waals surface area (Å²) in [6.07, 6.45) is 0.169. The summed E-state index contributed by atoms with van der Waals surface area (Å²) in [7, 11) is 0. The number of rotatable bonds is 6. The predicted molar refractivity (Wildman–Crippen MR) is 107 cm³/mol. The van der Waals surface area contributed by atoms with Crippen molar-refractivity contribution in [2.45, 2.75) is 12.5 Å². The van der Waals surface area contributed by atoms with Gasteiger partial charge in [-0.2, -0.15) is 0 Å². The molecule has 8 heteroatoms. The summed E-state index contributed by atoms with van der Waals surface area (Å²) >= 11 is 9.28. The molecular formula is C19H14BrClN2O4. The highest BCUT2D eigenvalue weighted by Crippen LogP contribution is 2.24. The van der Waals surface area contributed by atoms with E-state index in [-0.39, 0.29) is 17.8 Å². The summed E-state index contributed by atoms with van der Waals surface area (Å²) in [5.74, 6) is -2.31. The highest BCUT2D eigenvalue weighted by atomic mass is 79.9. The molecule has 0 saturated heterocycles. The smallest absolute Gasteiger partial charge is 0.339 e. The first-order valence-corrected chi connectivity index (χ1v) is 9.08. The molecule has 0 fully saturated rings. The van der Waals surface area contributed by atoms with Crippen molar-refractivity contribution in [3.8, 4) is 0 Å². The molecule has 0 aliphatic heterocycles. The molecule has 3 aromatic rings. The van der Waals surface area contributed by atoms with E-state index >= 15 is 0 Å². The SMILES string of the molecule is O=C(O)c1cc2cc(Cl)ccc2nc1NC(Cc1ccc(Br)cc1)C(=O)O. The van der Waals surface area contributed by atoms with Gasteiger partial charge in [-0.15, -0.1) is 0 Å². The predicted octanol–water partition coefficient (Wildman–Crippen LogP) is 4.46. The second-order valence-corrected chi connectivity index (χ2v) is 7.24. The number of nitrogens with one attached hydrogen (secondary N) is 1. The lowest BCUT2D eigenvalue weighted by atomic mass is 10.1. The minimum Gasteiger partial charge on any atom is -0.480 e. The van der Waals surface area contributed by atoms with E-state index in [2.05, 4.69) is 26.2 Å². The number of nitrogens with zero attached hydrogens (tertiary/aromatic N) is 1. The van der Waals surface area contributed by atoms with Gasteiger partial charge in [0.05, 0.1) is 5.52 Å². The molecule has 1 aromatic heterocycles. The van der Waals surface area contributed by atoms with Crippen LogP contribution in [0.1, 0.15) is 15.9 Å². The molecule has 1 unspecified atom stereocenters. The lowest BCUT2D eigenvalue weighted by molar-refractivity contribution is -0.137. The van der Waals surface area contributed by atoms with Gasteiger partial charge >= 0.3 is 11.9 Å². The standard InChI is InChI=1S/C19H14BrClN2O4/c20-12-3-1-10(2-4-12)7-16(19(26)27)23-17-14(18(24)25)9-11-8-13(21)5-6-15(11)22-17/h1-6,8-9,16H,7H2,(H,22,23)(H,24,25)(H,26,27). The van der Waals surface area contributed by atoms with Crippen LogP contribution in [0.2, 0.25) is 5.02 Å². The maximum atomic E-state index is 11.7. The number of carbonyl (C=O) groups is 2. The number of fused-ring (bicyclic) bond motifs is 1. The number of hydrogen-bond donors (Lipinski definition) is 3. The zero-order chi connectivity index (χ0) is 19.6. The van der Waals surface area contributed by atoms with E-state index < -0.39 is 18.0 Å². The Balaban J connectivity index is 1.97. The largest absolute Gasteiger partial charge is 0.480 e. The molecule has 0 aliphatic carbocycles. The van der Waals surface area contributed by atoms with Gasteiger partial charge < -0.3 is 15.5 Å². The van der Waals surface area contributed by atoms with Gasteiger partial charge in [0.25, 0.3) is 0 Å². The van der Waals surface area contributed by atoms with E-state index in [1.807, 2.05) is 12.1 Å². The first kappa shape index (κ1) is 19.1. The maximum absolute atomic E-state index is 11.7. The van der Waals surface area contributed by atoms with Crippen molar-refractivity contribution in [1.82, 2.24) is 4.98 Å². The fraction of sp³-hybridized carbons (Fsp3) is 0.105. The molecular weight excluding hydrogens is 436 g/mol. The molecule has 0 amide bonds. The molecule has 27 heavy (non-hydrogen) atoms. The third kappa shape index (κ3) is 4.56. The number of aromatic carboxylic acids is 1. The van der Waals surface area contributed by atoms with E-state index in [1.165, 1.54) is 6.07 Å². The van der Waals surface area contributed by atoms with Gasteiger partial charge in [0, 0.05) is 21.3 Å². The van der Waals surface area contributed by atoms with Crippen LogP contribution in [0.25, 0.3) is 10.9 Å². The van der Waals surface area contributed by atoms with Gasteiger partial charge in [-0.3, -0.25) is 0 Å². The van der Waals surface area contributed by atoms with Crippen LogP contribution in [0.3, 0.4) is 0 Å². The number of carboxylic acids is 2. The van der Waals surface area contributed by atoms with Gasteiger partial charge in [0.15, 0.2) is 0 Å². The van der Waals surface area contributed by atoms with Crippen LogP contribution in [0.5, 0.6) is 0 Å². The van der Waals surface area contributed by atoms with Crippen molar-refractivity contribution >= 4 is 56.2 Å². The maximum Gasteiger partial charge on any atom is 0.339 e. The summed E-state index contributed by atoms with van der Waals surface area (Å²) in [5, 5.41) is 22.8. The third-order valence-corrected chi connectivity index (χ3v) is 4.73. The Morgan fingerprint density at radius 2 is 1.81 bits per heavy atom. The number of halogens is 2. The molecule has 0 spiro atoms. The van der Waals surface area contributed by atoms with Crippen molar-refractivity contribution < 1.29 is 19.8 Å². The first-order chi connectivity index (χ1) is 12.8. The minimum absolute atomic E-state index is 0.00170. The molecule has 0 saturated carbocycles. The molecule has 0 aliphatic rings. The fourth-order valence-corrected chi connectivity index (χ4v) is 3.09. The van der Waals surface area contributed by atoms with Crippen LogP contribution in [0, 0.1) is 0 Å². The molecule has 3 N–H and O–H groups in total. The average Bonchev–Trinajstić information content (AvgIpc) is 2.62. The summed E-state index contributed by atoms with van der Waals surface area (Å²) in [4.78, 5) is 27.6. The van der Waals surface area contributed by atoms with E-state index in [9.17, 15) is 19.8 Å². The van der Waals surface area contributed by atoms with Crippen LogP contribution >= 0.6 is 27.5 Å². The lowest BCUT2D eigenvalue weighted by Crippen LogP contribution is -2.32. The lowest BCUT2D eigenvalue weighted by Gasteiger charge is -2.17. The number of aromatic nitrogens is 1. The van der Waals surface area contributed by atoms with Crippen molar-refractivity contribution in [3.63, 3.8) is 0 Å². The Bertz CT molecular complexity index is 1020. The van der Waals surface area contributed by atoms with Crippen LogP contribution in [-0.4, -0.2) is 33.2 Å². The van der Waals surface area contributed by atoms with E-state index in [0.717, 1.165) is 10.0 Å². The normalized spacial score (nSPS) is 11.9. The summed E-state index contributed by atoms with van der Waals surface area (Å²) < 4.78 is 0.883. The second-order valence-electron chi connectivity index (χ2n) is 5.89. The van der Waals surface area contributed by atoms with Gasteiger partial charge in [0.1, 0.15) is 17.4 Å². The quantitative estimate of drug-likeness (QED) is 0.514. The summed E-state index contributed by atoms with van der Waals surface area (Å²) in [6.45, 7) is 0. The fourth-order valence-electron chi connectivity index (χ4n) is 2.64. The molecule has 6 nitrogen and oxygen atoms in total. The van der Waals surface area contributed by atoms with Crippen molar-refractivity contribution in [1.29, 1.82) is 0 Å². The van der Waals surface area contributed by atoms with Gasteiger partial charge in [0.2, 0.25) is 0 Å². The van der Waals surface area contributed by atoms with Crippen molar-refractivity contribution in [2.24, 2.45) is 0 Å². The molecule has 0 radical (unpaired) electrons. The number of benzene rings is 2. The number of pyridine rings is 1. The summed E-state index contributed by atoms with van der Waals surface area (Å²) in [6, 6.07) is 12.5. The number of aliphatic carboxylic acids is 1. The Morgan fingerprint density at radius 1 is 1.11 bits per heavy atom. The third-order valence-electron chi connectivity index (χ3n) is 3.97. The monoisotopic (exact) mass is 448 g/mol. The average molecular weight is 450 g/mol. The molecule has 3 rings (SSSR count). The Labute approximate surface area is 167 Å². The zero-order valence-electron chi connectivity index (χ0n) is 13.8. The number of hydrogen-bond acceptors (Lipinski definition) is 4. The van der Waals surface area contributed by atoms with Gasteiger partial charge in [-0.25, -0.2) is 14.6 Å². The van der Waals surface area contributed by atoms with Gasteiger partial charge in [-0.05, 0) is 42.0 Å². The Hall–Kier alpha value is -2.64. The minimum atomic E-state index is -1.21. The number of carboxylic acid groups (broad SMARTS) is 2. The molecule has 1 heterocycles. The van der Waals surface area contributed by atoms with E-state index in [4.69, 9.17) is 11.6 Å². The van der Waals surface area contributed by atoms with Crippen LogP contribution < -0.4 is 5.32 Å². The summed E-state index contributed by atoms with van der Waals surface area (Å²) in [5.41, 5.74) is 1.19. The molecule has 2 aromatic carbocycles. The molecule has 0 bridgehead atoms. The molecule has 138 valence electrons. The van der Waals surface area contributed by atoms with Crippen LogP contribution in [0.15, 0.2) is 53.0 Å². The Kier molecular flexibility index (Phi) is 5.62. The van der Waals surface area contributed by atoms with Crippen LogP contribution in [0.4, 0.5) is 5.82 Å². The van der Waals surface area contributed by atoms with Crippen molar-refractivity contribution in [2.75, 3.05) is 5.32 Å².